The van der Waals surface area contributed by atoms with Gasteiger partial charge < -0.3 is 10.2 Å². The molecule has 1 amide bonds. The third-order valence-corrected chi connectivity index (χ3v) is 4.43. The van der Waals surface area contributed by atoms with E-state index in [0.717, 1.165) is 37.5 Å². The standard InChI is InChI=1S/C16H23ClN2O/c1-3-12-5-4-9-19(10-8-12)16(20)14-11-13(17)6-7-15(14)18-2/h6-7,11-12,18H,3-5,8-10H2,1-2H3. The molecule has 0 aromatic heterocycles. The fourth-order valence-electron chi connectivity index (χ4n) is 2.86. The number of anilines is 1. The number of hydrogen-bond acceptors (Lipinski definition) is 2. The summed E-state index contributed by atoms with van der Waals surface area (Å²) in [7, 11) is 1.83. The molecule has 1 aromatic carbocycles. The average molecular weight is 295 g/mol. The Kier molecular flexibility index (Phi) is 5.30. The molecule has 0 saturated carbocycles. The molecule has 1 heterocycles. The van der Waals surface area contributed by atoms with Crippen LogP contribution >= 0.6 is 11.6 Å². The van der Waals surface area contributed by atoms with Crippen LogP contribution in [0.5, 0.6) is 0 Å². The highest BCUT2D eigenvalue weighted by molar-refractivity contribution is 6.31. The minimum absolute atomic E-state index is 0.0913. The van der Waals surface area contributed by atoms with Gasteiger partial charge in [-0.15, -0.1) is 0 Å². The molecule has 3 nitrogen and oxygen atoms in total. The van der Waals surface area contributed by atoms with E-state index in [9.17, 15) is 4.79 Å². The van der Waals surface area contributed by atoms with Crippen molar-refractivity contribution in [1.82, 2.24) is 4.90 Å². The highest BCUT2D eigenvalue weighted by atomic mass is 35.5. The summed E-state index contributed by atoms with van der Waals surface area (Å²) < 4.78 is 0. The number of nitrogens with zero attached hydrogens (tertiary/aromatic N) is 1. The van der Waals surface area contributed by atoms with Crippen LogP contribution in [0.2, 0.25) is 5.02 Å². The van der Waals surface area contributed by atoms with Crippen LogP contribution in [0.3, 0.4) is 0 Å². The zero-order chi connectivity index (χ0) is 14.5. The summed E-state index contributed by atoms with van der Waals surface area (Å²) >= 11 is 6.04. The fourth-order valence-corrected chi connectivity index (χ4v) is 3.03. The summed E-state index contributed by atoms with van der Waals surface area (Å²) in [4.78, 5) is 14.7. The smallest absolute Gasteiger partial charge is 0.256 e. The number of likely N-dealkylation sites (tertiary alicyclic amines) is 1. The molecule has 4 heteroatoms. The Bertz CT molecular complexity index is 476. The number of halogens is 1. The summed E-state index contributed by atoms with van der Waals surface area (Å²) in [5, 5.41) is 3.68. The molecule has 20 heavy (non-hydrogen) atoms. The first-order chi connectivity index (χ1) is 9.65. The molecule has 1 unspecified atom stereocenters. The summed E-state index contributed by atoms with van der Waals surface area (Å²) in [5.74, 6) is 0.851. The third-order valence-electron chi connectivity index (χ3n) is 4.19. The van der Waals surface area contributed by atoms with Gasteiger partial charge in [-0.2, -0.15) is 0 Å². The molecule has 2 rings (SSSR count). The van der Waals surface area contributed by atoms with Crippen LogP contribution in [0, 0.1) is 5.92 Å². The molecule has 0 radical (unpaired) electrons. The lowest BCUT2D eigenvalue weighted by atomic mass is 9.98. The molecule has 1 aromatic rings. The first-order valence-corrected chi connectivity index (χ1v) is 7.80. The number of benzene rings is 1. The van der Waals surface area contributed by atoms with Crippen LogP contribution in [0.25, 0.3) is 0 Å². The second kappa shape index (κ2) is 6.98. The largest absolute Gasteiger partial charge is 0.387 e. The van der Waals surface area contributed by atoms with E-state index in [-0.39, 0.29) is 5.91 Å². The summed E-state index contributed by atoms with van der Waals surface area (Å²) in [6.07, 6.45) is 4.65. The molecule has 0 bridgehead atoms. The van der Waals surface area contributed by atoms with Gasteiger partial charge in [0.1, 0.15) is 0 Å². The van der Waals surface area contributed by atoms with E-state index >= 15 is 0 Å². The molecule has 0 aliphatic carbocycles. The van der Waals surface area contributed by atoms with E-state index in [1.54, 1.807) is 12.1 Å². The van der Waals surface area contributed by atoms with Crippen molar-refractivity contribution in [3.8, 4) is 0 Å². The van der Waals surface area contributed by atoms with Crippen molar-refractivity contribution in [3.05, 3.63) is 28.8 Å². The Morgan fingerprint density at radius 2 is 2.20 bits per heavy atom. The van der Waals surface area contributed by atoms with Crippen molar-refractivity contribution in [2.75, 3.05) is 25.5 Å². The van der Waals surface area contributed by atoms with Gasteiger partial charge in [-0.25, -0.2) is 0 Å². The molecule has 1 atom stereocenters. The van der Waals surface area contributed by atoms with Gasteiger partial charge >= 0.3 is 0 Å². The quantitative estimate of drug-likeness (QED) is 0.913. The van der Waals surface area contributed by atoms with Crippen LogP contribution in [-0.2, 0) is 0 Å². The number of nitrogens with one attached hydrogen (secondary N) is 1. The first-order valence-electron chi connectivity index (χ1n) is 7.42. The van der Waals surface area contributed by atoms with Gasteiger partial charge in [-0.1, -0.05) is 24.9 Å². The van der Waals surface area contributed by atoms with E-state index in [2.05, 4.69) is 12.2 Å². The van der Waals surface area contributed by atoms with Crippen molar-refractivity contribution in [2.45, 2.75) is 32.6 Å². The van der Waals surface area contributed by atoms with Gasteiger partial charge in [0.05, 0.1) is 5.56 Å². The monoisotopic (exact) mass is 294 g/mol. The van der Waals surface area contributed by atoms with E-state index in [1.165, 1.54) is 12.8 Å². The maximum absolute atomic E-state index is 12.7. The summed E-state index contributed by atoms with van der Waals surface area (Å²) in [6.45, 7) is 3.94. The van der Waals surface area contributed by atoms with Gasteiger partial charge in [0.15, 0.2) is 0 Å². The minimum atomic E-state index is 0.0913. The zero-order valence-electron chi connectivity index (χ0n) is 12.3. The Hall–Kier alpha value is -1.22. The van der Waals surface area contributed by atoms with E-state index in [0.29, 0.717) is 10.6 Å². The molecule has 1 aliphatic rings. The maximum atomic E-state index is 12.7. The highest BCUT2D eigenvalue weighted by Gasteiger charge is 2.22. The first kappa shape index (κ1) is 15.2. The van der Waals surface area contributed by atoms with E-state index in [1.807, 2.05) is 18.0 Å². The van der Waals surface area contributed by atoms with Gasteiger partial charge in [-0.3, -0.25) is 4.79 Å². The average Bonchev–Trinajstić information content (AvgIpc) is 2.71. The third kappa shape index (κ3) is 3.45. The summed E-state index contributed by atoms with van der Waals surface area (Å²) in [6, 6.07) is 5.43. The van der Waals surface area contributed by atoms with Gasteiger partial charge in [0.2, 0.25) is 0 Å². The van der Waals surface area contributed by atoms with E-state index in [4.69, 9.17) is 11.6 Å². The summed E-state index contributed by atoms with van der Waals surface area (Å²) in [5.41, 5.74) is 1.52. The van der Waals surface area contributed by atoms with Crippen molar-refractivity contribution < 1.29 is 4.79 Å². The highest BCUT2D eigenvalue weighted by Crippen LogP contribution is 2.25. The lowest BCUT2D eigenvalue weighted by Gasteiger charge is -2.22. The molecular weight excluding hydrogens is 272 g/mol. The molecule has 1 N–H and O–H groups in total. The number of amides is 1. The normalized spacial score (nSPS) is 19.6. The predicted octanol–water partition coefficient (Wildman–Crippen LogP) is 4.03. The number of hydrogen-bond donors (Lipinski definition) is 1. The van der Waals surface area contributed by atoms with Crippen LogP contribution in [0.4, 0.5) is 5.69 Å². The van der Waals surface area contributed by atoms with Crippen molar-refractivity contribution >= 4 is 23.2 Å². The number of carbonyl (C=O) groups is 1. The van der Waals surface area contributed by atoms with Crippen LogP contribution < -0.4 is 5.32 Å². The van der Waals surface area contributed by atoms with Crippen molar-refractivity contribution in [3.63, 3.8) is 0 Å². The number of carbonyl (C=O) groups excluding carboxylic acids is 1. The minimum Gasteiger partial charge on any atom is -0.387 e. The van der Waals surface area contributed by atoms with Crippen LogP contribution in [-0.4, -0.2) is 30.9 Å². The zero-order valence-corrected chi connectivity index (χ0v) is 13.0. The maximum Gasteiger partial charge on any atom is 0.256 e. The lowest BCUT2D eigenvalue weighted by Crippen LogP contribution is -2.32. The van der Waals surface area contributed by atoms with Crippen LogP contribution in [0.15, 0.2) is 18.2 Å². The Balaban J connectivity index is 2.16. The number of rotatable bonds is 3. The molecule has 1 aliphatic heterocycles. The fraction of sp³-hybridized carbons (Fsp3) is 0.562. The van der Waals surface area contributed by atoms with Gasteiger partial charge in [0, 0.05) is 30.8 Å². The Morgan fingerprint density at radius 1 is 1.40 bits per heavy atom. The SMILES string of the molecule is CCC1CCCN(C(=O)c2cc(Cl)ccc2NC)CC1. The molecule has 1 fully saturated rings. The van der Waals surface area contributed by atoms with E-state index < -0.39 is 0 Å². The molecule has 0 spiro atoms. The molecule has 110 valence electrons. The van der Waals surface area contributed by atoms with Gasteiger partial charge in [-0.05, 0) is 43.4 Å². The van der Waals surface area contributed by atoms with Crippen molar-refractivity contribution in [1.29, 1.82) is 0 Å². The topological polar surface area (TPSA) is 32.3 Å². The second-order valence-corrected chi connectivity index (χ2v) is 5.87. The Morgan fingerprint density at radius 3 is 2.90 bits per heavy atom. The molecule has 1 saturated heterocycles. The predicted molar refractivity (Wildman–Crippen MR) is 84.5 cm³/mol. The lowest BCUT2D eigenvalue weighted by molar-refractivity contribution is 0.0761. The Labute approximate surface area is 126 Å². The van der Waals surface area contributed by atoms with Crippen molar-refractivity contribution in [2.24, 2.45) is 5.92 Å². The van der Waals surface area contributed by atoms with Crippen LogP contribution in [0.1, 0.15) is 43.0 Å². The van der Waals surface area contributed by atoms with Gasteiger partial charge in [0.25, 0.3) is 5.91 Å². The second-order valence-electron chi connectivity index (χ2n) is 5.44. The molecular formula is C16H23ClN2O.